The molecule has 0 saturated carbocycles. The number of carbonyl (C=O) groups excluding carboxylic acids is 1. The zero-order chi connectivity index (χ0) is 26.9. The van der Waals surface area contributed by atoms with Crippen LogP contribution in [0.4, 0.5) is 11.6 Å². The van der Waals surface area contributed by atoms with Crippen molar-refractivity contribution in [3.05, 3.63) is 82.2 Å². The lowest BCUT2D eigenvalue weighted by Crippen LogP contribution is -2.43. The number of benzene rings is 2. The molecule has 6 rings (SSSR count). The molecule has 2 aromatic carbocycles. The number of amides is 1. The van der Waals surface area contributed by atoms with Gasteiger partial charge in [-0.05, 0) is 42.7 Å². The van der Waals surface area contributed by atoms with Gasteiger partial charge in [-0.15, -0.1) is 0 Å². The molecule has 0 spiro atoms. The monoisotopic (exact) mass is 545 g/mol. The first-order chi connectivity index (χ1) is 18.9. The van der Waals surface area contributed by atoms with Gasteiger partial charge in [0.1, 0.15) is 17.6 Å². The third-order valence-corrected chi connectivity index (χ3v) is 8.33. The summed E-state index contributed by atoms with van der Waals surface area (Å²) in [6, 6.07) is 15.3. The number of nitrogens with zero attached hydrogens (tertiary/aromatic N) is 2. The summed E-state index contributed by atoms with van der Waals surface area (Å²) in [5.74, 6) is 1.78. The fourth-order valence-electron chi connectivity index (χ4n) is 5.35. The minimum Gasteiger partial charge on any atom is -0.493 e. The summed E-state index contributed by atoms with van der Waals surface area (Å²) in [7, 11) is 0. The maximum absolute atomic E-state index is 12.8. The van der Waals surface area contributed by atoms with Crippen LogP contribution in [0, 0.1) is 0 Å². The number of fused-ring (bicyclic) bond motifs is 2. The lowest BCUT2D eigenvalue weighted by Gasteiger charge is -2.32. The Bertz CT molecular complexity index is 1480. The van der Waals surface area contributed by atoms with Crippen LogP contribution in [-0.4, -0.2) is 62.8 Å². The lowest BCUT2D eigenvalue weighted by molar-refractivity contribution is -0.118. The summed E-state index contributed by atoms with van der Waals surface area (Å²) >= 11 is 1.67. The summed E-state index contributed by atoms with van der Waals surface area (Å²) in [5.41, 5.74) is 3.93. The molecule has 1 atom stereocenters. The molecule has 3 aromatic rings. The summed E-state index contributed by atoms with van der Waals surface area (Å²) in [6.45, 7) is 10.1. The van der Waals surface area contributed by atoms with Crippen LogP contribution >= 0.6 is 11.8 Å². The Morgan fingerprint density at radius 2 is 1.97 bits per heavy atom. The van der Waals surface area contributed by atoms with Gasteiger partial charge in [-0.2, -0.15) is 0 Å². The number of anilines is 2. The van der Waals surface area contributed by atoms with Crippen LogP contribution in [-0.2, 0) is 20.7 Å². The molecular weight excluding hydrogens is 514 g/mol. The summed E-state index contributed by atoms with van der Waals surface area (Å²) in [6.07, 6.45) is 0.753. The van der Waals surface area contributed by atoms with E-state index in [4.69, 9.17) is 13.9 Å². The van der Waals surface area contributed by atoms with Crippen molar-refractivity contribution in [1.82, 2.24) is 4.90 Å². The maximum atomic E-state index is 12.8. The highest BCUT2D eigenvalue weighted by Crippen LogP contribution is 2.45. The van der Waals surface area contributed by atoms with Crippen molar-refractivity contribution in [3.63, 3.8) is 0 Å². The van der Waals surface area contributed by atoms with Crippen molar-refractivity contribution >= 4 is 29.2 Å². The first kappa shape index (κ1) is 25.7. The molecule has 8 nitrogen and oxygen atoms in total. The van der Waals surface area contributed by atoms with E-state index in [9.17, 15) is 9.59 Å². The molecule has 3 aliphatic rings. The molecule has 2 fully saturated rings. The highest BCUT2D eigenvalue weighted by molar-refractivity contribution is 7.99. The average molecular weight is 546 g/mol. The minimum absolute atomic E-state index is 0.0275. The van der Waals surface area contributed by atoms with Gasteiger partial charge < -0.3 is 24.1 Å². The normalized spacial score (nSPS) is 19.2. The lowest BCUT2D eigenvalue weighted by atomic mass is 10.00. The minimum atomic E-state index is -0.0761. The fraction of sp³-hybridized carbons (Fsp3) is 0.333. The van der Waals surface area contributed by atoms with Gasteiger partial charge in [-0.1, -0.05) is 36.5 Å². The fourth-order valence-corrected chi connectivity index (χ4v) is 6.51. The first-order valence-electron chi connectivity index (χ1n) is 13.2. The number of rotatable bonds is 5. The first-order valence-corrected chi connectivity index (χ1v) is 14.0. The summed E-state index contributed by atoms with van der Waals surface area (Å²) < 4.78 is 17.3. The van der Waals surface area contributed by atoms with E-state index in [0.29, 0.717) is 63.3 Å². The Morgan fingerprint density at radius 3 is 2.79 bits per heavy atom. The number of ether oxygens (including phenoxy) is 2. The van der Waals surface area contributed by atoms with Crippen LogP contribution in [0.15, 0.2) is 79.9 Å². The van der Waals surface area contributed by atoms with E-state index < -0.39 is 0 Å². The molecular formula is C30H31N3O5S. The van der Waals surface area contributed by atoms with Crippen LogP contribution in [0.2, 0.25) is 0 Å². The Hall–Kier alpha value is -3.53. The Morgan fingerprint density at radius 1 is 1.13 bits per heavy atom. The largest absolute Gasteiger partial charge is 0.493 e. The molecule has 39 heavy (non-hydrogen) atoms. The zero-order valence-corrected chi connectivity index (χ0v) is 22.7. The molecule has 2 saturated heterocycles. The number of nitrogens with one attached hydrogen (secondary N) is 1. The standard InChI is InChI=1S/C30H31N3O5S/c1-19-16-32(17-20(2)37-19)18-28(35)31-23-6-7-27-22(13-23)12-21-4-3-5-25(30(21)39-27)26-14-24(34)15-29(38-26)33-8-10-36-11-9-33/h3-7,13-15,20H,1,8-12,16-18H2,2H3,(H,31,35)/t20-/m0/s1. The van der Waals surface area contributed by atoms with Crippen LogP contribution in [0.1, 0.15) is 18.1 Å². The molecule has 3 aliphatic heterocycles. The highest BCUT2D eigenvalue weighted by Gasteiger charge is 2.24. The zero-order valence-electron chi connectivity index (χ0n) is 21.9. The second kappa shape index (κ2) is 10.9. The van der Waals surface area contributed by atoms with E-state index in [1.165, 1.54) is 0 Å². The summed E-state index contributed by atoms with van der Waals surface area (Å²) in [4.78, 5) is 31.7. The number of morpholine rings is 2. The third kappa shape index (κ3) is 5.75. The van der Waals surface area contributed by atoms with Gasteiger partial charge >= 0.3 is 0 Å². The smallest absolute Gasteiger partial charge is 0.238 e. The molecule has 202 valence electrons. The van der Waals surface area contributed by atoms with Crippen molar-refractivity contribution in [1.29, 1.82) is 0 Å². The molecule has 0 unspecified atom stereocenters. The van der Waals surface area contributed by atoms with Crippen LogP contribution in [0.25, 0.3) is 11.3 Å². The van der Waals surface area contributed by atoms with E-state index in [0.717, 1.165) is 38.6 Å². The van der Waals surface area contributed by atoms with E-state index >= 15 is 0 Å². The second-order valence-electron chi connectivity index (χ2n) is 10.2. The number of hydrogen-bond donors (Lipinski definition) is 1. The van der Waals surface area contributed by atoms with E-state index in [-0.39, 0.29) is 17.4 Å². The average Bonchev–Trinajstić information content (AvgIpc) is 2.91. The third-order valence-electron chi connectivity index (χ3n) is 7.03. The second-order valence-corrected chi connectivity index (χ2v) is 11.2. The predicted molar refractivity (Wildman–Crippen MR) is 152 cm³/mol. The van der Waals surface area contributed by atoms with Crippen LogP contribution in [0.5, 0.6) is 0 Å². The van der Waals surface area contributed by atoms with Crippen molar-refractivity contribution in [2.24, 2.45) is 0 Å². The molecule has 0 aliphatic carbocycles. The molecule has 1 aromatic heterocycles. The molecule has 1 amide bonds. The van der Waals surface area contributed by atoms with Gasteiger partial charge in [0.2, 0.25) is 5.91 Å². The van der Waals surface area contributed by atoms with Crippen LogP contribution in [0.3, 0.4) is 0 Å². The number of carbonyl (C=O) groups is 1. The Labute approximate surface area is 231 Å². The molecule has 0 bridgehead atoms. The van der Waals surface area contributed by atoms with E-state index in [2.05, 4.69) is 28.9 Å². The highest BCUT2D eigenvalue weighted by atomic mass is 32.2. The van der Waals surface area contributed by atoms with E-state index in [1.54, 1.807) is 23.9 Å². The molecule has 9 heteroatoms. The van der Waals surface area contributed by atoms with Crippen molar-refractivity contribution in [3.8, 4) is 11.3 Å². The predicted octanol–water partition coefficient (Wildman–Crippen LogP) is 4.37. The topological polar surface area (TPSA) is 84.3 Å². The molecule has 4 heterocycles. The number of hydrogen-bond acceptors (Lipinski definition) is 8. The van der Waals surface area contributed by atoms with Crippen molar-refractivity contribution < 1.29 is 18.7 Å². The van der Waals surface area contributed by atoms with Gasteiger partial charge in [-0.3, -0.25) is 14.5 Å². The van der Waals surface area contributed by atoms with Crippen LogP contribution < -0.4 is 15.6 Å². The van der Waals surface area contributed by atoms with Gasteiger partial charge in [0, 0.05) is 52.8 Å². The SMILES string of the molecule is C=C1CN(CC(=O)Nc2ccc3c(c2)Cc2cccc(-c4cc(=O)cc(N5CCOCC5)o4)c2S3)C[C@H](C)O1. The maximum Gasteiger partial charge on any atom is 0.238 e. The Balaban J connectivity index is 1.20. The van der Waals surface area contributed by atoms with E-state index in [1.807, 2.05) is 36.1 Å². The molecule has 1 N–H and O–H groups in total. The quantitative estimate of drug-likeness (QED) is 0.396. The van der Waals surface area contributed by atoms with Gasteiger partial charge in [-0.25, -0.2) is 0 Å². The van der Waals surface area contributed by atoms with Gasteiger partial charge in [0.05, 0.1) is 26.3 Å². The van der Waals surface area contributed by atoms with Gasteiger partial charge in [0.15, 0.2) is 11.3 Å². The summed E-state index contributed by atoms with van der Waals surface area (Å²) in [5, 5.41) is 3.05. The Kier molecular flexibility index (Phi) is 7.20. The van der Waals surface area contributed by atoms with Crippen molar-refractivity contribution in [2.45, 2.75) is 29.2 Å². The van der Waals surface area contributed by atoms with Gasteiger partial charge in [0.25, 0.3) is 0 Å². The van der Waals surface area contributed by atoms with Crippen molar-refractivity contribution in [2.75, 3.05) is 56.2 Å². The molecule has 0 radical (unpaired) electrons.